The molecule has 23 heavy (non-hydrogen) atoms. The Morgan fingerprint density at radius 3 is 2.65 bits per heavy atom. The minimum absolute atomic E-state index is 0.0464. The van der Waals surface area contributed by atoms with Crippen LogP contribution in [0.15, 0.2) is 24.5 Å². The number of pyridine rings is 1. The Morgan fingerprint density at radius 1 is 1.43 bits per heavy atom. The fourth-order valence-electron chi connectivity index (χ4n) is 2.09. The number of alkyl halides is 3. The van der Waals surface area contributed by atoms with E-state index in [4.69, 9.17) is 4.74 Å². The Kier molecular flexibility index (Phi) is 4.25. The molecule has 6 nitrogen and oxygen atoms in total. The first kappa shape index (κ1) is 17.1. The largest absolute Gasteiger partial charge is 0.497 e. The monoisotopic (exact) mass is 331 g/mol. The van der Waals surface area contributed by atoms with Crippen LogP contribution < -0.4 is 10.1 Å². The lowest BCUT2D eigenvalue weighted by atomic mass is 9.96. The van der Waals surface area contributed by atoms with Crippen molar-refractivity contribution < 1.29 is 27.8 Å². The van der Waals surface area contributed by atoms with E-state index in [0.717, 1.165) is 13.8 Å². The molecule has 0 aliphatic carbocycles. The highest BCUT2D eigenvalue weighted by Crippen LogP contribution is 2.28. The number of aromatic nitrogens is 2. The molecular formula is C14H16F3N3O3. The van der Waals surface area contributed by atoms with Crippen molar-refractivity contribution in [1.29, 1.82) is 0 Å². The summed E-state index contributed by atoms with van der Waals surface area (Å²) in [7, 11) is 1.48. The van der Waals surface area contributed by atoms with Crippen molar-refractivity contribution in [3.63, 3.8) is 0 Å². The van der Waals surface area contributed by atoms with Gasteiger partial charge in [-0.1, -0.05) is 0 Å². The molecule has 1 amide bonds. The summed E-state index contributed by atoms with van der Waals surface area (Å²) in [6, 6.07) is 3.16. The van der Waals surface area contributed by atoms with Gasteiger partial charge in [0, 0.05) is 12.3 Å². The molecule has 1 unspecified atom stereocenters. The van der Waals surface area contributed by atoms with E-state index in [1.54, 1.807) is 12.1 Å². The van der Waals surface area contributed by atoms with Gasteiger partial charge in [-0.05, 0) is 19.9 Å². The van der Waals surface area contributed by atoms with Gasteiger partial charge in [-0.15, -0.1) is 0 Å². The maximum Gasteiger partial charge on any atom is 0.416 e. The molecule has 1 atom stereocenters. The molecule has 0 aliphatic rings. The van der Waals surface area contributed by atoms with Crippen molar-refractivity contribution in [2.75, 3.05) is 7.11 Å². The second-order valence-corrected chi connectivity index (χ2v) is 5.56. The number of methoxy groups -OCH3 is 1. The Labute approximate surface area is 129 Å². The number of hydrogen-bond acceptors (Lipinski definition) is 4. The maximum atomic E-state index is 12.6. The average Bonchev–Trinajstić information content (AvgIpc) is 2.87. The number of aliphatic hydroxyl groups excluding tert-OH is 1. The van der Waals surface area contributed by atoms with Gasteiger partial charge in [0.1, 0.15) is 17.1 Å². The third-order valence-electron chi connectivity index (χ3n) is 3.38. The van der Waals surface area contributed by atoms with Gasteiger partial charge < -0.3 is 15.2 Å². The number of carbonyl (C=O) groups is 1. The predicted octanol–water partition coefficient (Wildman–Crippen LogP) is 1.77. The average molecular weight is 331 g/mol. The molecule has 0 fully saturated rings. The fraction of sp³-hybridized carbons (Fsp3) is 0.429. The number of carbonyl (C=O) groups excluding carboxylic acids is 1. The van der Waals surface area contributed by atoms with Crippen molar-refractivity contribution in [1.82, 2.24) is 14.7 Å². The lowest BCUT2D eigenvalue weighted by Crippen LogP contribution is -2.57. The van der Waals surface area contributed by atoms with Crippen LogP contribution in [0.5, 0.6) is 5.75 Å². The van der Waals surface area contributed by atoms with Crippen LogP contribution >= 0.6 is 0 Å². The van der Waals surface area contributed by atoms with Gasteiger partial charge in [-0.3, -0.25) is 9.20 Å². The molecule has 0 saturated heterocycles. The van der Waals surface area contributed by atoms with E-state index in [-0.39, 0.29) is 5.69 Å². The summed E-state index contributed by atoms with van der Waals surface area (Å²) in [5.41, 5.74) is -1.44. The lowest BCUT2D eigenvalue weighted by molar-refractivity contribution is -0.222. The number of amides is 1. The van der Waals surface area contributed by atoms with Gasteiger partial charge in [-0.25, -0.2) is 4.98 Å². The molecule has 0 saturated carbocycles. The van der Waals surface area contributed by atoms with E-state index < -0.39 is 23.7 Å². The number of ether oxygens (including phenoxy) is 1. The Hall–Kier alpha value is -2.29. The molecule has 0 radical (unpaired) electrons. The van der Waals surface area contributed by atoms with Crippen molar-refractivity contribution in [2.45, 2.75) is 31.7 Å². The van der Waals surface area contributed by atoms with Crippen molar-refractivity contribution in [2.24, 2.45) is 0 Å². The highest BCUT2D eigenvalue weighted by Gasteiger charge is 2.48. The first-order valence-corrected chi connectivity index (χ1v) is 6.64. The minimum atomic E-state index is -4.84. The van der Waals surface area contributed by atoms with Gasteiger partial charge in [0.15, 0.2) is 6.10 Å². The first-order chi connectivity index (χ1) is 10.6. The summed E-state index contributed by atoms with van der Waals surface area (Å²) < 4.78 is 44.4. The smallest absolute Gasteiger partial charge is 0.416 e. The van der Waals surface area contributed by atoms with Crippen LogP contribution in [0.2, 0.25) is 0 Å². The third-order valence-corrected chi connectivity index (χ3v) is 3.38. The normalized spacial score (nSPS) is 13.9. The maximum absolute atomic E-state index is 12.6. The van der Waals surface area contributed by atoms with Crippen LogP contribution in [0.4, 0.5) is 13.2 Å². The summed E-state index contributed by atoms with van der Waals surface area (Å²) in [4.78, 5) is 16.2. The second-order valence-electron chi connectivity index (χ2n) is 5.56. The highest BCUT2D eigenvalue weighted by molar-refractivity contribution is 5.93. The zero-order valence-electron chi connectivity index (χ0n) is 12.7. The molecular weight excluding hydrogens is 315 g/mol. The molecule has 2 rings (SSSR count). The van der Waals surface area contributed by atoms with Gasteiger partial charge >= 0.3 is 6.18 Å². The molecule has 2 N–H and O–H groups in total. The SMILES string of the molecule is COc1ccn2c(C(=O)NC(C)(C)C(O)C(F)(F)F)cnc2c1. The number of nitrogens with zero attached hydrogens (tertiary/aromatic N) is 2. The summed E-state index contributed by atoms with van der Waals surface area (Å²) >= 11 is 0. The molecule has 126 valence electrons. The topological polar surface area (TPSA) is 75.9 Å². The van der Waals surface area contributed by atoms with Crippen LogP contribution in [0, 0.1) is 0 Å². The molecule has 0 aliphatic heterocycles. The van der Waals surface area contributed by atoms with Crippen LogP contribution in [-0.2, 0) is 0 Å². The van der Waals surface area contributed by atoms with Crippen LogP contribution in [0.1, 0.15) is 24.3 Å². The number of halogens is 3. The molecule has 0 aromatic carbocycles. The minimum Gasteiger partial charge on any atom is -0.497 e. The summed E-state index contributed by atoms with van der Waals surface area (Å²) in [6.45, 7) is 2.19. The number of imidazole rings is 1. The Balaban J connectivity index is 2.27. The number of rotatable bonds is 4. The van der Waals surface area contributed by atoms with Crippen molar-refractivity contribution in [3.8, 4) is 5.75 Å². The van der Waals surface area contributed by atoms with E-state index in [1.165, 1.54) is 23.9 Å². The van der Waals surface area contributed by atoms with Crippen molar-refractivity contribution in [3.05, 3.63) is 30.2 Å². The lowest BCUT2D eigenvalue weighted by Gasteiger charge is -2.32. The molecule has 2 heterocycles. The summed E-state index contributed by atoms with van der Waals surface area (Å²) in [5.74, 6) is -0.251. The van der Waals surface area contributed by atoms with E-state index in [1.807, 2.05) is 0 Å². The first-order valence-electron chi connectivity index (χ1n) is 6.64. The van der Waals surface area contributed by atoms with Crippen LogP contribution in [0.3, 0.4) is 0 Å². The van der Waals surface area contributed by atoms with E-state index in [2.05, 4.69) is 10.3 Å². The number of hydrogen-bond donors (Lipinski definition) is 2. The molecule has 2 aromatic rings. The van der Waals surface area contributed by atoms with Gasteiger partial charge in [-0.2, -0.15) is 13.2 Å². The molecule has 0 spiro atoms. The third kappa shape index (κ3) is 3.39. The summed E-state index contributed by atoms with van der Waals surface area (Å²) in [6.07, 6.45) is -4.79. The number of fused-ring (bicyclic) bond motifs is 1. The standard InChI is InChI=1S/C14H16F3N3O3/c1-13(2,12(22)14(15,16)17)19-11(21)9-7-18-10-6-8(23-3)4-5-20(9)10/h4-7,12,22H,1-3H3,(H,19,21). The summed E-state index contributed by atoms with van der Waals surface area (Å²) in [5, 5.41) is 11.5. The Morgan fingerprint density at radius 2 is 2.09 bits per heavy atom. The van der Waals surface area contributed by atoms with Gasteiger partial charge in [0.25, 0.3) is 5.91 Å². The van der Waals surface area contributed by atoms with Crippen LogP contribution in [0.25, 0.3) is 5.65 Å². The van der Waals surface area contributed by atoms with E-state index in [9.17, 15) is 23.1 Å². The van der Waals surface area contributed by atoms with Crippen LogP contribution in [-0.4, -0.2) is 45.3 Å². The van der Waals surface area contributed by atoms with Gasteiger partial charge in [0.2, 0.25) is 0 Å². The zero-order valence-corrected chi connectivity index (χ0v) is 12.7. The zero-order chi connectivity index (χ0) is 17.4. The molecule has 0 bridgehead atoms. The quantitative estimate of drug-likeness (QED) is 0.895. The molecule has 2 aromatic heterocycles. The number of nitrogens with one attached hydrogen (secondary N) is 1. The Bertz CT molecular complexity index is 725. The molecule has 9 heteroatoms. The number of aliphatic hydroxyl groups is 1. The second kappa shape index (κ2) is 5.73. The van der Waals surface area contributed by atoms with Crippen molar-refractivity contribution >= 4 is 11.6 Å². The van der Waals surface area contributed by atoms with E-state index in [0.29, 0.717) is 11.4 Å². The predicted molar refractivity (Wildman–Crippen MR) is 75.4 cm³/mol. The fourth-order valence-corrected chi connectivity index (χ4v) is 2.09. The van der Waals surface area contributed by atoms with E-state index >= 15 is 0 Å². The van der Waals surface area contributed by atoms with Gasteiger partial charge in [0.05, 0.1) is 18.8 Å². The highest BCUT2D eigenvalue weighted by atomic mass is 19.4.